The number of rotatable bonds is 4. The first kappa shape index (κ1) is 20.4. The number of nitrogens with zero attached hydrogens (tertiary/aromatic N) is 7. The van der Waals surface area contributed by atoms with E-state index in [2.05, 4.69) is 32.0 Å². The van der Waals surface area contributed by atoms with Gasteiger partial charge < -0.3 is 9.47 Å². The smallest absolute Gasteiger partial charge is 0.164 e. The van der Waals surface area contributed by atoms with Crippen LogP contribution >= 0.6 is 0 Å². The van der Waals surface area contributed by atoms with Gasteiger partial charge in [-0.05, 0) is 63.4 Å². The summed E-state index contributed by atoms with van der Waals surface area (Å²) in [5.41, 5.74) is 5.08. The molecule has 0 N–H and O–H groups in total. The summed E-state index contributed by atoms with van der Waals surface area (Å²) >= 11 is 0. The molecule has 4 aromatic rings. The summed E-state index contributed by atoms with van der Waals surface area (Å²) in [6, 6.07) is 5.78. The van der Waals surface area contributed by atoms with Crippen LogP contribution in [0.1, 0.15) is 41.5 Å². The third-order valence-corrected chi connectivity index (χ3v) is 7.10. The zero-order valence-corrected chi connectivity index (χ0v) is 18.9. The standard InChI is InChI=1S/C25H26FN7/c1-15-23-25(30-16(2)29-15)33(24(31-23)19-9-20(26)12-27-10-19)13-21-4-3-18(11-28-21)22-14-32-7-5-17(22)6-8-32/h3-4,9-12,17,22H,5-8,13-14H2,1-2H3. The van der Waals surface area contributed by atoms with Crippen molar-refractivity contribution in [2.45, 2.75) is 39.2 Å². The fourth-order valence-corrected chi connectivity index (χ4v) is 5.43. The molecule has 2 bridgehead atoms. The highest BCUT2D eigenvalue weighted by atomic mass is 19.1. The number of hydrogen-bond donors (Lipinski definition) is 0. The molecule has 8 heteroatoms. The molecule has 0 saturated carbocycles. The number of aryl methyl sites for hydroxylation is 2. The van der Waals surface area contributed by atoms with Crippen LogP contribution in [-0.4, -0.2) is 54.0 Å². The fourth-order valence-electron chi connectivity index (χ4n) is 5.43. The Morgan fingerprint density at radius 3 is 2.58 bits per heavy atom. The molecule has 3 aliphatic rings. The number of pyridine rings is 2. The minimum atomic E-state index is -0.398. The molecule has 3 aliphatic heterocycles. The van der Waals surface area contributed by atoms with Gasteiger partial charge in [0.2, 0.25) is 0 Å². The molecule has 0 amide bonds. The lowest BCUT2D eigenvalue weighted by Gasteiger charge is -2.45. The molecule has 0 spiro atoms. The molecule has 0 radical (unpaired) electrons. The van der Waals surface area contributed by atoms with E-state index in [1.54, 1.807) is 6.20 Å². The lowest BCUT2D eigenvalue weighted by molar-refractivity contribution is 0.0869. The number of hydrogen-bond acceptors (Lipinski definition) is 6. The van der Waals surface area contributed by atoms with Crippen LogP contribution in [-0.2, 0) is 6.54 Å². The van der Waals surface area contributed by atoms with Crippen LogP contribution in [0.5, 0.6) is 0 Å². The molecular weight excluding hydrogens is 417 g/mol. The molecule has 3 saturated heterocycles. The van der Waals surface area contributed by atoms with Gasteiger partial charge in [0.05, 0.1) is 24.1 Å². The van der Waals surface area contributed by atoms with Gasteiger partial charge in [-0.25, -0.2) is 19.3 Å². The molecule has 168 valence electrons. The van der Waals surface area contributed by atoms with Gasteiger partial charge in [-0.15, -0.1) is 0 Å². The van der Waals surface area contributed by atoms with E-state index in [-0.39, 0.29) is 0 Å². The van der Waals surface area contributed by atoms with E-state index in [1.807, 2.05) is 24.6 Å². The van der Waals surface area contributed by atoms with Crippen molar-refractivity contribution in [2.24, 2.45) is 5.92 Å². The average Bonchev–Trinajstić information content (AvgIpc) is 3.19. The minimum Gasteiger partial charge on any atom is -0.303 e. The normalized spacial score (nSPS) is 22.2. The van der Waals surface area contributed by atoms with Crippen LogP contribution in [0.4, 0.5) is 4.39 Å². The zero-order chi connectivity index (χ0) is 22.5. The molecule has 7 rings (SSSR count). The summed E-state index contributed by atoms with van der Waals surface area (Å²) in [6.07, 6.45) is 7.43. The summed E-state index contributed by atoms with van der Waals surface area (Å²) in [5, 5.41) is 0. The highest BCUT2D eigenvalue weighted by Gasteiger charge is 2.35. The van der Waals surface area contributed by atoms with Crippen molar-refractivity contribution in [3.63, 3.8) is 0 Å². The van der Waals surface area contributed by atoms with Crippen LogP contribution in [0.3, 0.4) is 0 Å². The first-order valence-corrected chi connectivity index (χ1v) is 11.5. The second-order valence-electron chi connectivity index (χ2n) is 9.27. The highest BCUT2D eigenvalue weighted by Crippen LogP contribution is 2.38. The average molecular weight is 444 g/mol. The summed E-state index contributed by atoms with van der Waals surface area (Å²) in [4.78, 5) is 25.3. The van der Waals surface area contributed by atoms with Crippen molar-refractivity contribution in [3.8, 4) is 11.4 Å². The maximum Gasteiger partial charge on any atom is 0.164 e. The molecule has 0 aromatic carbocycles. The second kappa shape index (κ2) is 7.95. The van der Waals surface area contributed by atoms with E-state index in [0.29, 0.717) is 35.2 Å². The van der Waals surface area contributed by atoms with E-state index < -0.39 is 5.82 Å². The molecule has 4 aromatic heterocycles. The third kappa shape index (κ3) is 3.68. The highest BCUT2D eigenvalue weighted by molar-refractivity contribution is 5.79. The fraction of sp³-hybridized carbons (Fsp3) is 0.400. The van der Waals surface area contributed by atoms with E-state index in [9.17, 15) is 4.39 Å². The van der Waals surface area contributed by atoms with Crippen molar-refractivity contribution in [1.82, 2.24) is 34.4 Å². The Balaban J connectivity index is 1.38. The Morgan fingerprint density at radius 2 is 1.88 bits per heavy atom. The number of piperidine rings is 3. The molecule has 33 heavy (non-hydrogen) atoms. The Kier molecular flexibility index (Phi) is 4.90. The van der Waals surface area contributed by atoms with E-state index in [1.165, 1.54) is 43.8 Å². The predicted octanol–water partition coefficient (Wildman–Crippen LogP) is 3.90. The number of imidazole rings is 1. The summed E-state index contributed by atoms with van der Waals surface area (Å²) in [6.45, 7) is 7.89. The van der Waals surface area contributed by atoms with Crippen LogP contribution < -0.4 is 0 Å². The summed E-state index contributed by atoms with van der Waals surface area (Å²) in [5.74, 6) is 2.24. The number of fused-ring (bicyclic) bond motifs is 4. The summed E-state index contributed by atoms with van der Waals surface area (Å²) < 4.78 is 15.9. The molecule has 3 fully saturated rings. The van der Waals surface area contributed by atoms with Crippen LogP contribution in [0.15, 0.2) is 36.8 Å². The lowest BCUT2D eigenvalue weighted by Crippen LogP contribution is -2.46. The van der Waals surface area contributed by atoms with Crippen LogP contribution in [0.25, 0.3) is 22.6 Å². The van der Waals surface area contributed by atoms with Crippen molar-refractivity contribution < 1.29 is 4.39 Å². The Labute approximate surface area is 191 Å². The maximum absolute atomic E-state index is 14.0. The minimum absolute atomic E-state index is 0.398. The van der Waals surface area contributed by atoms with Gasteiger partial charge in [-0.1, -0.05) is 6.07 Å². The molecule has 1 atom stereocenters. The van der Waals surface area contributed by atoms with Gasteiger partial charge in [-0.2, -0.15) is 0 Å². The molecular formula is C25H26FN7. The third-order valence-electron chi connectivity index (χ3n) is 7.10. The van der Waals surface area contributed by atoms with Crippen LogP contribution in [0.2, 0.25) is 0 Å². The topological polar surface area (TPSA) is 72.6 Å². The van der Waals surface area contributed by atoms with E-state index in [4.69, 9.17) is 9.97 Å². The largest absolute Gasteiger partial charge is 0.303 e. The van der Waals surface area contributed by atoms with E-state index >= 15 is 0 Å². The van der Waals surface area contributed by atoms with Gasteiger partial charge in [0.25, 0.3) is 0 Å². The molecule has 0 aliphatic carbocycles. The Hall–Kier alpha value is -3.26. The second-order valence-corrected chi connectivity index (χ2v) is 9.27. The first-order valence-electron chi connectivity index (χ1n) is 11.5. The van der Waals surface area contributed by atoms with Crippen molar-refractivity contribution >= 4 is 11.2 Å². The molecule has 7 nitrogen and oxygen atoms in total. The van der Waals surface area contributed by atoms with Gasteiger partial charge in [0.15, 0.2) is 5.65 Å². The quantitative estimate of drug-likeness (QED) is 0.476. The van der Waals surface area contributed by atoms with Crippen molar-refractivity contribution in [1.29, 1.82) is 0 Å². The maximum atomic E-state index is 14.0. The monoisotopic (exact) mass is 443 g/mol. The molecule has 1 unspecified atom stereocenters. The van der Waals surface area contributed by atoms with E-state index in [0.717, 1.165) is 29.5 Å². The van der Waals surface area contributed by atoms with Gasteiger partial charge in [-0.3, -0.25) is 9.97 Å². The first-order chi connectivity index (χ1) is 16.0. The predicted molar refractivity (Wildman–Crippen MR) is 123 cm³/mol. The SMILES string of the molecule is Cc1nc(C)c2nc(-c3cncc(F)c3)n(Cc3ccc(C4CN5CCC4CC5)cn3)c2n1. The Bertz CT molecular complexity index is 1320. The summed E-state index contributed by atoms with van der Waals surface area (Å²) in [7, 11) is 0. The van der Waals surface area contributed by atoms with Crippen molar-refractivity contribution in [3.05, 3.63) is 65.4 Å². The van der Waals surface area contributed by atoms with Crippen molar-refractivity contribution in [2.75, 3.05) is 19.6 Å². The number of halogens is 1. The number of aromatic nitrogens is 6. The van der Waals surface area contributed by atoms with Gasteiger partial charge in [0, 0.05) is 30.4 Å². The lowest BCUT2D eigenvalue weighted by atomic mass is 9.76. The van der Waals surface area contributed by atoms with Gasteiger partial charge >= 0.3 is 0 Å². The zero-order valence-electron chi connectivity index (χ0n) is 18.9. The van der Waals surface area contributed by atoms with Gasteiger partial charge in [0.1, 0.15) is 23.0 Å². The Morgan fingerprint density at radius 1 is 1.03 bits per heavy atom. The molecule has 7 heterocycles. The van der Waals surface area contributed by atoms with Crippen LogP contribution in [0, 0.1) is 25.6 Å².